The Hall–Kier alpha value is -3.61. The molecule has 1 atom stereocenters. The minimum absolute atomic E-state index is 0.0676. The van der Waals surface area contributed by atoms with E-state index in [1.165, 1.54) is 12.3 Å². The molecule has 1 amide bonds. The topological polar surface area (TPSA) is 75.3 Å². The van der Waals surface area contributed by atoms with E-state index in [1.807, 2.05) is 19.1 Å². The molecule has 1 aromatic carbocycles. The van der Waals surface area contributed by atoms with Crippen LogP contribution < -0.4 is 20.7 Å². The molecule has 0 spiro atoms. The molecule has 6 nitrogen and oxygen atoms in total. The number of anilines is 2. The highest BCUT2D eigenvalue weighted by molar-refractivity contribution is 6.00. The molecule has 2 aromatic rings. The van der Waals surface area contributed by atoms with Crippen molar-refractivity contribution in [1.29, 1.82) is 0 Å². The van der Waals surface area contributed by atoms with Crippen molar-refractivity contribution in [2.75, 3.05) is 24.8 Å². The van der Waals surface area contributed by atoms with Gasteiger partial charge in [-0.25, -0.2) is 9.37 Å². The number of aromatic nitrogens is 1. The third kappa shape index (κ3) is 5.08. The number of amides is 1. The van der Waals surface area contributed by atoms with Crippen molar-refractivity contribution in [3.05, 3.63) is 82.6 Å². The zero-order chi connectivity index (χ0) is 24.0. The number of unbranched alkanes of at least 4 members (excludes halogenated alkanes) is 1. The fraction of sp³-hybridized carbons (Fsp3) is 0.308. The first-order chi connectivity index (χ1) is 15.9. The highest BCUT2D eigenvalue weighted by Crippen LogP contribution is 2.46. The minimum atomic E-state index is -0.399. The molecule has 2 heterocycles. The number of carbonyl (C=O) groups excluding carboxylic acids is 1. The number of methoxy groups -OCH3 is 1. The summed E-state index contributed by atoms with van der Waals surface area (Å²) in [5.41, 5.74) is 4.85. The fourth-order valence-corrected chi connectivity index (χ4v) is 3.99. The average Bonchev–Trinajstić information content (AvgIpc) is 2.83. The maximum Gasteiger partial charge on any atom is 0.252 e. The molecule has 1 aliphatic heterocycles. The van der Waals surface area contributed by atoms with Gasteiger partial charge in [-0.2, -0.15) is 0 Å². The molecule has 33 heavy (non-hydrogen) atoms. The van der Waals surface area contributed by atoms with Crippen molar-refractivity contribution in [3.63, 3.8) is 0 Å². The van der Waals surface area contributed by atoms with E-state index in [4.69, 9.17) is 4.74 Å². The first kappa shape index (κ1) is 24.0. The summed E-state index contributed by atoms with van der Waals surface area (Å²) in [6, 6.07) is 8.87. The van der Waals surface area contributed by atoms with Gasteiger partial charge in [-0.1, -0.05) is 44.6 Å². The van der Waals surface area contributed by atoms with Gasteiger partial charge in [-0.05, 0) is 37.1 Å². The van der Waals surface area contributed by atoms with Crippen molar-refractivity contribution in [1.82, 2.24) is 10.3 Å². The van der Waals surface area contributed by atoms with Crippen molar-refractivity contribution >= 4 is 17.4 Å². The Kier molecular flexibility index (Phi) is 7.87. The number of hydrogen-bond donors (Lipinski definition) is 3. The lowest BCUT2D eigenvalue weighted by atomic mass is 9.82. The van der Waals surface area contributed by atoms with Gasteiger partial charge < -0.3 is 20.7 Å². The van der Waals surface area contributed by atoms with Gasteiger partial charge in [0.15, 0.2) is 0 Å². The first-order valence-electron chi connectivity index (χ1n) is 11.1. The predicted molar refractivity (Wildman–Crippen MR) is 131 cm³/mol. The zero-order valence-electron chi connectivity index (χ0n) is 19.8. The highest BCUT2D eigenvalue weighted by Gasteiger charge is 2.32. The van der Waals surface area contributed by atoms with Gasteiger partial charge in [-0.15, -0.1) is 0 Å². The van der Waals surface area contributed by atoms with E-state index >= 15 is 0 Å². The van der Waals surface area contributed by atoms with E-state index < -0.39 is 5.82 Å². The Labute approximate surface area is 194 Å². The van der Waals surface area contributed by atoms with Crippen molar-refractivity contribution in [3.8, 4) is 5.75 Å². The van der Waals surface area contributed by atoms with Crippen LogP contribution >= 0.6 is 0 Å². The lowest BCUT2D eigenvalue weighted by Gasteiger charge is -2.33. The summed E-state index contributed by atoms with van der Waals surface area (Å²) in [5, 5.41) is 9.57. The molecule has 174 valence electrons. The Balaban J connectivity index is 2.23. The number of halogens is 1. The van der Waals surface area contributed by atoms with Crippen molar-refractivity contribution < 1.29 is 13.9 Å². The zero-order valence-corrected chi connectivity index (χ0v) is 19.8. The van der Waals surface area contributed by atoms with Crippen LogP contribution in [0.1, 0.15) is 45.1 Å². The van der Waals surface area contributed by atoms with Gasteiger partial charge in [-0.3, -0.25) is 4.79 Å². The van der Waals surface area contributed by atoms with Crippen molar-refractivity contribution in [2.45, 2.75) is 39.5 Å². The van der Waals surface area contributed by atoms with E-state index in [-0.39, 0.29) is 11.8 Å². The van der Waals surface area contributed by atoms with Crippen molar-refractivity contribution in [2.24, 2.45) is 0 Å². The molecule has 3 rings (SSSR count). The first-order valence-corrected chi connectivity index (χ1v) is 11.1. The second-order valence-electron chi connectivity index (χ2n) is 7.73. The molecule has 1 unspecified atom stereocenters. The number of likely N-dealkylation sites (N-methyl/N-ethyl adjacent to an activating group) is 1. The summed E-state index contributed by atoms with van der Waals surface area (Å²) in [5.74, 6) is 0.565. The summed E-state index contributed by atoms with van der Waals surface area (Å²) in [6.07, 6.45) is 6.84. The molecule has 0 radical (unpaired) electrons. The summed E-state index contributed by atoms with van der Waals surface area (Å²) in [4.78, 5) is 17.0. The molecule has 0 saturated heterocycles. The molecular formula is C26H31FN4O2. The van der Waals surface area contributed by atoms with Gasteiger partial charge in [0.05, 0.1) is 30.3 Å². The number of nitrogens with zero attached hydrogens (tertiary/aromatic N) is 1. The summed E-state index contributed by atoms with van der Waals surface area (Å²) in [7, 11) is 3.24. The summed E-state index contributed by atoms with van der Waals surface area (Å²) < 4.78 is 19.0. The standard InChI is InChI=1S/C26H31FN4O2/c1-6-8-11-20(30-22-14-13-17(27)15-29-22)23-16(3)19-10-9-12-21(33-5)24(19)31-25(23)18(7-2)26(32)28-4/h7,9-16,31H,6,8H2,1-5H3,(H,28,32)(H,29,30)/b18-7+,20-11-. The molecule has 0 bridgehead atoms. The Morgan fingerprint density at radius 1 is 1.30 bits per heavy atom. The maximum absolute atomic E-state index is 13.4. The van der Waals surface area contributed by atoms with Crippen LogP contribution in [0.4, 0.5) is 15.9 Å². The van der Waals surface area contributed by atoms with E-state index in [0.29, 0.717) is 22.8 Å². The molecular weight excluding hydrogens is 419 g/mol. The summed E-state index contributed by atoms with van der Waals surface area (Å²) in [6.45, 7) is 6.04. The SMILES string of the molecule is C/C=C(/C(=O)NC)C1=C(/C(=C/CCC)Nc2ccc(F)cn2)C(C)c2cccc(OC)c2N1. The largest absolute Gasteiger partial charge is 0.495 e. The smallest absolute Gasteiger partial charge is 0.252 e. The lowest BCUT2D eigenvalue weighted by molar-refractivity contribution is -0.116. The Morgan fingerprint density at radius 3 is 2.70 bits per heavy atom. The Bertz CT molecular complexity index is 1100. The second-order valence-corrected chi connectivity index (χ2v) is 7.73. The van der Waals surface area contributed by atoms with Gasteiger partial charge in [0.25, 0.3) is 5.91 Å². The molecule has 0 fully saturated rings. The molecule has 0 aliphatic carbocycles. The van der Waals surface area contributed by atoms with Crippen LogP contribution in [0.5, 0.6) is 5.75 Å². The quantitative estimate of drug-likeness (QED) is 0.463. The number of fused-ring (bicyclic) bond motifs is 1. The highest BCUT2D eigenvalue weighted by atomic mass is 19.1. The predicted octanol–water partition coefficient (Wildman–Crippen LogP) is 5.50. The number of rotatable bonds is 8. The second kappa shape index (κ2) is 10.8. The number of ether oxygens (including phenoxy) is 1. The van der Waals surface area contributed by atoms with Crippen LogP contribution in [0.15, 0.2) is 71.2 Å². The van der Waals surface area contributed by atoms with Gasteiger partial charge in [0.2, 0.25) is 0 Å². The van der Waals surface area contributed by atoms with Crippen LogP contribution in [-0.2, 0) is 4.79 Å². The Morgan fingerprint density at radius 2 is 2.09 bits per heavy atom. The normalized spacial score (nSPS) is 16.1. The lowest BCUT2D eigenvalue weighted by Crippen LogP contribution is -2.28. The maximum atomic E-state index is 13.4. The number of allylic oxidation sites excluding steroid dienone is 3. The molecule has 1 aliphatic rings. The van der Waals surface area contributed by atoms with Crippen LogP contribution in [0.2, 0.25) is 0 Å². The van der Waals surface area contributed by atoms with Gasteiger partial charge in [0.1, 0.15) is 17.4 Å². The number of para-hydroxylation sites is 1. The van der Waals surface area contributed by atoms with E-state index in [0.717, 1.165) is 35.4 Å². The number of hydrogen-bond acceptors (Lipinski definition) is 5. The molecule has 1 aromatic heterocycles. The molecule has 0 saturated carbocycles. The van der Waals surface area contributed by atoms with E-state index in [9.17, 15) is 9.18 Å². The average molecular weight is 451 g/mol. The van der Waals surface area contributed by atoms with Gasteiger partial charge >= 0.3 is 0 Å². The monoisotopic (exact) mass is 450 g/mol. The number of pyridine rings is 1. The number of nitrogens with one attached hydrogen (secondary N) is 3. The van der Waals surface area contributed by atoms with E-state index in [2.05, 4.69) is 46.9 Å². The van der Waals surface area contributed by atoms with Crippen LogP contribution in [0, 0.1) is 5.82 Å². The number of benzene rings is 1. The molecule has 3 N–H and O–H groups in total. The minimum Gasteiger partial charge on any atom is -0.495 e. The third-order valence-corrected chi connectivity index (χ3v) is 5.64. The van der Waals surface area contributed by atoms with E-state index in [1.54, 1.807) is 26.3 Å². The number of carbonyl (C=O) groups is 1. The van der Waals surface area contributed by atoms with Crippen LogP contribution in [0.25, 0.3) is 0 Å². The van der Waals surface area contributed by atoms with Crippen LogP contribution in [0.3, 0.4) is 0 Å². The van der Waals surface area contributed by atoms with Gasteiger partial charge in [0, 0.05) is 24.2 Å². The fourth-order valence-electron chi connectivity index (χ4n) is 3.99. The molecule has 7 heteroatoms. The van der Waals surface area contributed by atoms with Crippen LogP contribution in [-0.4, -0.2) is 25.0 Å². The summed E-state index contributed by atoms with van der Waals surface area (Å²) >= 11 is 0. The third-order valence-electron chi connectivity index (χ3n) is 5.64.